The van der Waals surface area contributed by atoms with Gasteiger partial charge in [0, 0.05) is 46.0 Å². The summed E-state index contributed by atoms with van der Waals surface area (Å²) in [6, 6.07) is 8.32. The van der Waals surface area contributed by atoms with Crippen molar-refractivity contribution in [3.05, 3.63) is 48.0 Å². The Morgan fingerprint density at radius 1 is 1.19 bits per heavy atom. The summed E-state index contributed by atoms with van der Waals surface area (Å²) in [4.78, 5) is 4.37. The highest BCUT2D eigenvalue weighted by atomic mass is 127. The minimum Gasteiger partial charge on any atom is -0.382 e. The Labute approximate surface area is 202 Å². The van der Waals surface area contributed by atoms with Crippen LogP contribution in [0.3, 0.4) is 0 Å². The van der Waals surface area contributed by atoms with Gasteiger partial charge in [-0.05, 0) is 61.9 Å². The van der Waals surface area contributed by atoms with Crippen LogP contribution in [0.25, 0.3) is 5.69 Å². The van der Waals surface area contributed by atoms with Gasteiger partial charge in [-0.2, -0.15) is 5.10 Å². The first-order chi connectivity index (χ1) is 14.6. The molecule has 2 aromatic rings. The van der Waals surface area contributed by atoms with Crippen LogP contribution < -0.4 is 10.6 Å². The van der Waals surface area contributed by atoms with Crippen LogP contribution in [0.5, 0.6) is 0 Å². The van der Waals surface area contributed by atoms with E-state index in [4.69, 9.17) is 4.74 Å². The summed E-state index contributed by atoms with van der Waals surface area (Å²) in [5, 5.41) is 11.5. The van der Waals surface area contributed by atoms with Gasteiger partial charge in [0.05, 0.1) is 11.4 Å². The van der Waals surface area contributed by atoms with Crippen LogP contribution in [0.1, 0.15) is 44.7 Å². The highest BCUT2D eigenvalue weighted by molar-refractivity contribution is 14.0. The molecule has 0 radical (unpaired) electrons. The van der Waals surface area contributed by atoms with Crippen molar-refractivity contribution in [2.75, 3.05) is 33.4 Å². The topological polar surface area (TPSA) is 63.5 Å². The Morgan fingerprint density at radius 3 is 2.61 bits per heavy atom. The highest BCUT2D eigenvalue weighted by Gasteiger charge is 2.33. The second-order valence-corrected chi connectivity index (χ2v) is 7.98. The van der Waals surface area contributed by atoms with Gasteiger partial charge in [-0.25, -0.2) is 9.07 Å². The van der Waals surface area contributed by atoms with Crippen LogP contribution in [0.4, 0.5) is 4.39 Å². The fourth-order valence-corrected chi connectivity index (χ4v) is 4.11. The maximum atomic E-state index is 13.1. The monoisotopic (exact) mass is 543 g/mol. The molecule has 31 heavy (non-hydrogen) atoms. The highest BCUT2D eigenvalue weighted by Crippen LogP contribution is 2.40. The van der Waals surface area contributed by atoms with Crippen LogP contribution in [0, 0.1) is 11.2 Å². The predicted molar refractivity (Wildman–Crippen MR) is 134 cm³/mol. The van der Waals surface area contributed by atoms with Crippen molar-refractivity contribution >= 4 is 29.9 Å². The summed E-state index contributed by atoms with van der Waals surface area (Å²) in [5.74, 6) is 0.585. The Bertz CT molecular complexity index is 803. The van der Waals surface area contributed by atoms with Crippen molar-refractivity contribution < 1.29 is 9.13 Å². The molecule has 3 rings (SSSR count). The Hall–Kier alpha value is -1.68. The average Bonchev–Trinajstić information content (AvgIpc) is 3.42. The number of nitrogens with zero attached hydrogens (tertiary/aromatic N) is 3. The summed E-state index contributed by atoms with van der Waals surface area (Å²) < 4.78 is 20.5. The van der Waals surface area contributed by atoms with Crippen LogP contribution in [-0.2, 0) is 11.2 Å². The van der Waals surface area contributed by atoms with Gasteiger partial charge in [0.1, 0.15) is 5.82 Å². The lowest BCUT2D eigenvalue weighted by Crippen LogP contribution is -2.44. The van der Waals surface area contributed by atoms with E-state index < -0.39 is 0 Å². The second kappa shape index (κ2) is 13.0. The van der Waals surface area contributed by atoms with Gasteiger partial charge in [-0.15, -0.1) is 24.0 Å². The van der Waals surface area contributed by atoms with E-state index in [1.165, 1.54) is 37.8 Å². The number of aliphatic imine (C=N–C) groups is 1. The Kier molecular flexibility index (Phi) is 10.7. The molecule has 0 spiro atoms. The molecule has 0 bridgehead atoms. The van der Waals surface area contributed by atoms with Gasteiger partial charge in [-0.1, -0.05) is 12.8 Å². The third kappa shape index (κ3) is 7.75. The van der Waals surface area contributed by atoms with E-state index in [2.05, 4.69) is 20.7 Å². The number of guanidine groups is 1. The van der Waals surface area contributed by atoms with Gasteiger partial charge in [-0.3, -0.25) is 4.99 Å². The zero-order valence-electron chi connectivity index (χ0n) is 18.6. The van der Waals surface area contributed by atoms with Crippen LogP contribution >= 0.6 is 24.0 Å². The van der Waals surface area contributed by atoms with Crippen molar-refractivity contribution in [3.63, 3.8) is 0 Å². The predicted octanol–water partition coefficient (Wildman–Crippen LogP) is 4.32. The molecule has 1 saturated carbocycles. The minimum atomic E-state index is -0.244. The van der Waals surface area contributed by atoms with Gasteiger partial charge in [0.15, 0.2) is 5.96 Å². The normalized spacial score (nSPS) is 15.5. The Balaban J connectivity index is 0.00000341. The van der Waals surface area contributed by atoms with Crippen molar-refractivity contribution in [3.8, 4) is 5.69 Å². The molecule has 0 amide bonds. The number of hydrogen-bond acceptors (Lipinski definition) is 3. The lowest BCUT2D eigenvalue weighted by molar-refractivity contribution is 0.105. The van der Waals surface area contributed by atoms with E-state index in [9.17, 15) is 4.39 Å². The SMILES string of the molecule is CCOCCC1(CNC(=NC)NCCc2ccn(-c3ccc(F)cc3)n2)CCCC1.I. The summed E-state index contributed by atoms with van der Waals surface area (Å²) in [7, 11) is 1.81. The minimum absolute atomic E-state index is 0. The number of rotatable bonds is 10. The second-order valence-electron chi connectivity index (χ2n) is 7.98. The van der Waals surface area contributed by atoms with Gasteiger partial charge < -0.3 is 15.4 Å². The molecule has 0 aliphatic heterocycles. The Morgan fingerprint density at radius 2 is 1.94 bits per heavy atom. The first-order valence-corrected chi connectivity index (χ1v) is 11.0. The van der Waals surface area contributed by atoms with Crippen molar-refractivity contribution in [1.29, 1.82) is 0 Å². The molecule has 6 nitrogen and oxygen atoms in total. The molecule has 1 fully saturated rings. The number of nitrogens with one attached hydrogen (secondary N) is 2. The van der Waals surface area contributed by atoms with Gasteiger partial charge >= 0.3 is 0 Å². The summed E-state index contributed by atoms with van der Waals surface area (Å²) in [6.45, 7) is 5.34. The molecule has 1 aromatic carbocycles. The third-order valence-electron chi connectivity index (χ3n) is 5.91. The fraction of sp³-hybridized carbons (Fsp3) is 0.565. The molecular weight excluding hydrogens is 508 g/mol. The van der Waals surface area contributed by atoms with Crippen LogP contribution in [-0.4, -0.2) is 49.1 Å². The smallest absolute Gasteiger partial charge is 0.191 e. The maximum absolute atomic E-state index is 13.1. The van der Waals surface area contributed by atoms with E-state index in [0.717, 1.165) is 56.5 Å². The summed E-state index contributed by atoms with van der Waals surface area (Å²) in [6.07, 6.45) is 8.90. The van der Waals surface area contributed by atoms with Crippen LogP contribution in [0.15, 0.2) is 41.5 Å². The summed E-state index contributed by atoms with van der Waals surface area (Å²) >= 11 is 0. The molecule has 0 unspecified atom stereocenters. The lowest BCUT2D eigenvalue weighted by Gasteiger charge is -2.30. The third-order valence-corrected chi connectivity index (χ3v) is 5.91. The molecule has 1 heterocycles. The molecule has 1 aliphatic carbocycles. The number of halogens is 2. The quantitative estimate of drug-likeness (QED) is 0.203. The van der Waals surface area contributed by atoms with Gasteiger partial charge in [0.2, 0.25) is 0 Å². The largest absolute Gasteiger partial charge is 0.382 e. The fourth-order valence-electron chi connectivity index (χ4n) is 4.11. The van der Waals surface area contributed by atoms with Crippen molar-refractivity contribution in [2.24, 2.45) is 10.4 Å². The molecule has 0 saturated heterocycles. The zero-order valence-corrected chi connectivity index (χ0v) is 20.9. The molecule has 1 aliphatic rings. The summed E-state index contributed by atoms with van der Waals surface area (Å²) in [5.41, 5.74) is 2.15. The number of ether oxygens (including phenoxy) is 1. The van der Waals surface area contributed by atoms with E-state index in [1.54, 1.807) is 23.9 Å². The van der Waals surface area contributed by atoms with E-state index >= 15 is 0 Å². The zero-order chi connectivity index (χ0) is 21.2. The first kappa shape index (κ1) is 25.6. The molecule has 2 N–H and O–H groups in total. The molecule has 172 valence electrons. The standard InChI is InChI=1S/C23H34FN5O.HI/c1-3-30-17-14-23(12-4-5-13-23)18-27-22(25-2)26-15-10-20-11-16-29(28-20)21-8-6-19(24)7-9-21;/h6-9,11,16H,3-5,10,12-15,17-18H2,1-2H3,(H2,25,26,27);1H. The van der Waals surface area contributed by atoms with Crippen molar-refractivity contribution in [1.82, 2.24) is 20.4 Å². The first-order valence-electron chi connectivity index (χ1n) is 11.0. The maximum Gasteiger partial charge on any atom is 0.191 e. The molecule has 1 aromatic heterocycles. The molecule has 0 atom stereocenters. The number of benzene rings is 1. The lowest BCUT2D eigenvalue weighted by atomic mass is 9.83. The van der Waals surface area contributed by atoms with Crippen molar-refractivity contribution in [2.45, 2.75) is 45.4 Å². The van der Waals surface area contributed by atoms with E-state index in [1.807, 2.05) is 19.2 Å². The number of aromatic nitrogens is 2. The van der Waals surface area contributed by atoms with E-state index in [0.29, 0.717) is 5.41 Å². The molecule has 8 heteroatoms. The van der Waals surface area contributed by atoms with Gasteiger partial charge in [0.25, 0.3) is 0 Å². The number of hydrogen-bond donors (Lipinski definition) is 2. The van der Waals surface area contributed by atoms with E-state index in [-0.39, 0.29) is 29.8 Å². The molecular formula is C23H35FIN5O. The average molecular weight is 543 g/mol. The van der Waals surface area contributed by atoms with Crippen LogP contribution in [0.2, 0.25) is 0 Å².